The van der Waals surface area contributed by atoms with E-state index in [2.05, 4.69) is 41.7 Å². The van der Waals surface area contributed by atoms with E-state index in [0.29, 0.717) is 39.8 Å². The van der Waals surface area contributed by atoms with Gasteiger partial charge < -0.3 is 25.4 Å². The van der Waals surface area contributed by atoms with Gasteiger partial charge in [0.2, 0.25) is 5.95 Å². The van der Waals surface area contributed by atoms with Gasteiger partial charge in [0.15, 0.2) is 0 Å². The van der Waals surface area contributed by atoms with Crippen molar-refractivity contribution < 1.29 is 19.0 Å². The fraction of sp³-hybridized carbons (Fsp3) is 0.400. The summed E-state index contributed by atoms with van der Waals surface area (Å²) in [5, 5.41) is 29.3. The average molecular weight is 586 g/mol. The van der Waals surface area contributed by atoms with E-state index in [1.807, 2.05) is 12.1 Å². The first-order chi connectivity index (χ1) is 20.6. The standard InChI is InChI=1S/C30H32FN9O3/c1-29(2,42)26(31)16-34-27(41)22-15-33-24(25-4-3-21-9-19(11-32)12-37-40(21)25)10-23(22)38-20-13-35-28(36-14-20)39-17-30(18-39)5-7-43-8-6-30/h3-4,9-10,12-15,26,42H,5-8,16-18H2,1-2H3,(H,33,38)(H,34,41). The van der Waals surface area contributed by atoms with Crippen LogP contribution in [0.15, 0.2) is 49.1 Å². The summed E-state index contributed by atoms with van der Waals surface area (Å²) >= 11 is 0. The smallest absolute Gasteiger partial charge is 0.255 e. The van der Waals surface area contributed by atoms with E-state index in [1.165, 1.54) is 26.2 Å². The highest BCUT2D eigenvalue weighted by Gasteiger charge is 2.44. The number of anilines is 3. The minimum atomic E-state index is -1.67. The lowest BCUT2D eigenvalue weighted by molar-refractivity contribution is -0.00182. The van der Waals surface area contributed by atoms with Gasteiger partial charge in [0.1, 0.15) is 12.2 Å². The molecule has 6 heterocycles. The van der Waals surface area contributed by atoms with E-state index in [9.17, 15) is 19.6 Å². The number of rotatable bonds is 8. The highest BCUT2D eigenvalue weighted by atomic mass is 19.1. The minimum Gasteiger partial charge on any atom is -0.387 e. The molecule has 2 aliphatic rings. The zero-order valence-corrected chi connectivity index (χ0v) is 23.9. The van der Waals surface area contributed by atoms with Gasteiger partial charge in [0, 0.05) is 37.9 Å². The quantitative estimate of drug-likeness (QED) is 0.281. The maximum Gasteiger partial charge on any atom is 0.255 e. The summed E-state index contributed by atoms with van der Waals surface area (Å²) in [5.74, 6) is 0.0734. The molecule has 1 amide bonds. The zero-order valence-electron chi connectivity index (χ0n) is 23.9. The first-order valence-electron chi connectivity index (χ1n) is 14.1. The van der Waals surface area contributed by atoms with E-state index < -0.39 is 17.7 Å². The number of alkyl halides is 1. The Morgan fingerprint density at radius 2 is 1.91 bits per heavy atom. The van der Waals surface area contributed by atoms with Crippen molar-refractivity contribution in [2.24, 2.45) is 5.41 Å². The molecule has 0 aliphatic carbocycles. The van der Waals surface area contributed by atoms with Gasteiger partial charge >= 0.3 is 0 Å². The van der Waals surface area contributed by atoms with Crippen LogP contribution in [0.2, 0.25) is 0 Å². The predicted octanol–water partition coefficient (Wildman–Crippen LogP) is 3.26. The highest BCUT2D eigenvalue weighted by molar-refractivity contribution is 6.00. The number of halogens is 1. The van der Waals surface area contributed by atoms with E-state index in [-0.39, 0.29) is 17.5 Å². The number of ether oxygens (including phenoxy) is 1. The monoisotopic (exact) mass is 585 g/mol. The Bertz CT molecular complexity index is 1680. The molecule has 0 saturated carbocycles. The summed E-state index contributed by atoms with van der Waals surface area (Å²) in [6.07, 6.45) is 6.60. The number of fused-ring (bicyclic) bond motifs is 1. The third-order valence-corrected chi connectivity index (χ3v) is 8.05. The van der Waals surface area contributed by atoms with Gasteiger partial charge in [-0.2, -0.15) is 10.4 Å². The van der Waals surface area contributed by atoms with Crippen molar-refractivity contribution in [2.45, 2.75) is 38.5 Å². The van der Waals surface area contributed by atoms with Crippen molar-refractivity contribution in [1.29, 1.82) is 5.26 Å². The van der Waals surface area contributed by atoms with E-state index in [1.54, 1.807) is 29.0 Å². The van der Waals surface area contributed by atoms with Crippen molar-refractivity contribution in [1.82, 2.24) is 29.9 Å². The molecule has 13 heteroatoms. The number of nitrogens with zero attached hydrogens (tertiary/aromatic N) is 7. The Morgan fingerprint density at radius 3 is 2.60 bits per heavy atom. The average Bonchev–Trinajstić information content (AvgIpc) is 3.42. The van der Waals surface area contributed by atoms with Gasteiger partial charge in [0.05, 0.1) is 70.1 Å². The van der Waals surface area contributed by atoms with E-state index >= 15 is 0 Å². The van der Waals surface area contributed by atoms with Crippen molar-refractivity contribution in [3.05, 3.63) is 60.2 Å². The molecule has 1 unspecified atom stereocenters. The maximum absolute atomic E-state index is 14.4. The van der Waals surface area contributed by atoms with Crippen molar-refractivity contribution in [2.75, 3.05) is 43.1 Å². The largest absolute Gasteiger partial charge is 0.387 e. The topological polar surface area (TPSA) is 154 Å². The molecule has 43 heavy (non-hydrogen) atoms. The molecule has 222 valence electrons. The number of hydrogen-bond acceptors (Lipinski definition) is 10. The molecule has 3 N–H and O–H groups in total. The van der Waals surface area contributed by atoms with Gasteiger partial charge in [-0.05, 0) is 51.0 Å². The van der Waals surface area contributed by atoms with Crippen LogP contribution >= 0.6 is 0 Å². The van der Waals surface area contributed by atoms with Crippen LogP contribution in [0.5, 0.6) is 0 Å². The Labute approximate surface area is 247 Å². The molecule has 0 bridgehead atoms. The molecule has 2 saturated heterocycles. The fourth-order valence-electron chi connectivity index (χ4n) is 5.39. The summed E-state index contributed by atoms with van der Waals surface area (Å²) in [5.41, 5.74) is 2.09. The van der Waals surface area contributed by atoms with Gasteiger partial charge in [-0.3, -0.25) is 9.78 Å². The Morgan fingerprint density at radius 1 is 1.16 bits per heavy atom. The van der Waals surface area contributed by atoms with Crippen LogP contribution in [0.1, 0.15) is 42.6 Å². The van der Waals surface area contributed by atoms with Crippen molar-refractivity contribution >= 4 is 28.7 Å². The van der Waals surface area contributed by atoms with Gasteiger partial charge in [-0.1, -0.05) is 0 Å². The summed E-state index contributed by atoms with van der Waals surface area (Å²) < 4.78 is 21.5. The summed E-state index contributed by atoms with van der Waals surface area (Å²) in [6, 6.07) is 9.13. The summed E-state index contributed by atoms with van der Waals surface area (Å²) in [7, 11) is 0. The SMILES string of the molecule is CC(C)(O)C(F)CNC(=O)c1cnc(-c2ccc3cc(C#N)cnn23)cc1Nc1cnc(N2CC3(CCOCC3)C2)nc1. The number of amides is 1. The third kappa shape index (κ3) is 5.84. The molecule has 4 aromatic rings. The molecular formula is C30H32FN9O3. The number of aromatic nitrogens is 5. The lowest BCUT2D eigenvalue weighted by Gasteiger charge is -2.52. The maximum atomic E-state index is 14.4. The number of hydrogen-bond donors (Lipinski definition) is 3. The third-order valence-electron chi connectivity index (χ3n) is 8.05. The lowest BCUT2D eigenvalue weighted by Crippen LogP contribution is -2.59. The molecule has 4 aromatic heterocycles. The van der Waals surface area contributed by atoms with Crippen LogP contribution in [0.25, 0.3) is 16.9 Å². The first-order valence-corrected chi connectivity index (χ1v) is 14.1. The molecular weight excluding hydrogens is 553 g/mol. The Hall–Kier alpha value is -4.67. The lowest BCUT2D eigenvalue weighted by atomic mass is 9.73. The van der Waals surface area contributed by atoms with Gasteiger partial charge in [-0.25, -0.2) is 18.9 Å². The normalized spacial score (nSPS) is 16.9. The van der Waals surface area contributed by atoms with Crippen LogP contribution in [-0.4, -0.2) is 80.2 Å². The second kappa shape index (κ2) is 11.2. The Kier molecular flexibility index (Phi) is 7.41. The van der Waals surface area contributed by atoms with E-state index in [4.69, 9.17) is 4.74 Å². The van der Waals surface area contributed by atoms with Crippen LogP contribution in [0, 0.1) is 16.7 Å². The molecule has 2 fully saturated rings. The fourth-order valence-corrected chi connectivity index (χ4v) is 5.39. The number of nitrogens with one attached hydrogen (secondary N) is 2. The molecule has 1 spiro atoms. The van der Waals surface area contributed by atoms with Gasteiger partial charge in [-0.15, -0.1) is 0 Å². The first kappa shape index (κ1) is 28.4. The van der Waals surface area contributed by atoms with Crippen LogP contribution in [0.3, 0.4) is 0 Å². The molecule has 0 aromatic carbocycles. The highest BCUT2D eigenvalue weighted by Crippen LogP contribution is 2.41. The molecule has 0 radical (unpaired) electrons. The zero-order chi connectivity index (χ0) is 30.2. The van der Waals surface area contributed by atoms with Crippen LogP contribution in [0.4, 0.5) is 21.7 Å². The van der Waals surface area contributed by atoms with Crippen molar-refractivity contribution in [3.8, 4) is 17.5 Å². The predicted molar refractivity (Wildman–Crippen MR) is 157 cm³/mol. The number of aliphatic hydroxyl groups is 1. The summed E-state index contributed by atoms with van der Waals surface area (Å²) in [6.45, 7) is 5.69. The second-order valence-electron chi connectivity index (χ2n) is 11.7. The van der Waals surface area contributed by atoms with Crippen molar-refractivity contribution in [3.63, 3.8) is 0 Å². The van der Waals surface area contributed by atoms with Crippen LogP contribution in [-0.2, 0) is 4.74 Å². The molecule has 6 rings (SSSR count). The second-order valence-corrected chi connectivity index (χ2v) is 11.7. The summed E-state index contributed by atoms with van der Waals surface area (Å²) in [4.78, 5) is 28.9. The van der Waals surface area contributed by atoms with Crippen LogP contribution < -0.4 is 15.5 Å². The molecule has 12 nitrogen and oxygen atoms in total. The molecule has 1 atom stereocenters. The number of carbonyl (C=O) groups is 1. The number of carbonyl (C=O) groups excluding carboxylic acids is 1. The molecule has 2 aliphatic heterocycles. The number of pyridine rings is 1. The minimum absolute atomic E-state index is 0.167. The Balaban J connectivity index is 1.26. The number of nitriles is 1. The van der Waals surface area contributed by atoms with E-state index in [0.717, 1.165) is 39.1 Å². The van der Waals surface area contributed by atoms with Gasteiger partial charge in [0.25, 0.3) is 5.91 Å².